The second-order valence-corrected chi connectivity index (χ2v) is 8.19. The lowest BCUT2D eigenvalue weighted by Crippen LogP contribution is -2.29. The molecule has 6 nitrogen and oxygen atoms in total. The molecule has 0 radical (unpaired) electrons. The highest BCUT2D eigenvalue weighted by molar-refractivity contribution is 7.99. The number of thioether (sulfide) groups is 1. The summed E-state index contributed by atoms with van der Waals surface area (Å²) in [7, 11) is -3.68. The molecule has 0 aliphatic rings. The zero-order chi connectivity index (χ0) is 18.4. The van der Waals surface area contributed by atoms with Crippen LogP contribution in [0.5, 0.6) is 0 Å². The van der Waals surface area contributed by atoms with Crippen molar-refractivity contribution >= 4 is 33.4 Å². The Morgan fingerprint density at radius 3 is 2.60 bits per heavy atom. The van der Waals surface area contributed by atoms with E-state index in [1.165, 1.54) is 23.9 Å². The zero-order valence-electron chi connectivity index (χ0n) is 14.2. The lowest BCUT2D eigenvalue weighted by atomic mass is 10.3. The minimum absolute atomic E-state index is 0.152. The standard InChI is InChI=1S/C16H19ClN4O2S2/c1-4-6-11-24-16-19-18-15(21(16)5-2)12(3)20-25(22,23)14-9-7-13(17)8-10-14/h7-10,12,20H,5,11H2,1-3H3/t12-/m1/s1. The molecular formula is C16H19ClN4O2S2. The summed E-state index contributed by atoms with van der Waals surface area (Å²) in [5.74, 6) is 6.96. The average Bonchev–Trinajstić information content (AvgIpc) is 2.98. The van der Waals surface area contributed by atoms with Gasteiger partial charge in [0.1, 0.15) is 0 Å². The van der Waals surface area contributed by atoms with Gasteiger partial charge in [0.05, 0.1) is 16.7 Å². The predicted octanol–water partition coefficient (Wildman–Crippen LogP) is 3.11. The van der Waals surface area contributed by atoms with E-state index < -0.39 is 16.1 Å². The molecule has 1 heterocycles. The second kappa shape index (κ2) is 8.72. The van der Waals surface area contributed by atoms with Crippen molar-refractivity contribution < 1.29 is 8.42 Å². The van der Waals surface area contributed by atoms with Gasteiger partial charge in [0.2, 0.25) is 10.0 Å². The van der Waals surface area contributed by atoms with Crippen LogP contribution in [0, 0.1) is 11.8 Å². The lowest BCUT2D eigenvalue weighted by molar-refractivity contribution is 0.539. The number of hydrogen-bond acceptors (Lipinski definition) is 5. The fraction of sp³-hybridized carbons (Fsp3) is 0.375. The molecule has 1 atom stereocenters. The molecule has 134 valence electrons. The first kappa shape index (κ1) is 19.8. The molecule has 25 heavy (non-hydrogen) atoms. The fourth-order valence-electron chi connectivity index (χ4n) is 2.16. The number of hydrogen-bond donors (Lipinski definition) is 1. The predicted molar refractivity (Wildman–Crippen MR) is 100 cm³/mol. The summed E-state index contributed by atoms with van der Waals surface area (Å²) < 4.78 is 29.5. The number of halogens is 1. The molecule has 2 aromatic rings. The Labute approximate surface area is 157 Å². The molecule has 1 aromatic carbocycles. The van der Waals surface area contributed by atoms with E-state index in [0.717, 1.165) is 5.16 Å². The second-order valence-electron chi connectivity index (χ2n) is 5.10. The van der Waals surface area contributed by atoms with Crippen molar-refractivity contribution in [2.45, 2.75) is 43.4 Å². The summed E-state index contributed by atoms with van der Waals surface area (Å²) in [6.45, 7) is 6.12. The molecule has 1 aromatic heterocycles. The summed E-state index contributed by atoms with van der Waals surface area (Å²) in [6.07, 6.45) is 0. The van der Waals surface area contributed by atoms with Crippen LogP contribution in [0.4, 0.5) is 0 Å². The first-order chi connectivity index (χ1) is 11.9. The summed E-state index contributed by atoms with van der Waals surface area (Å²) >= 11 is 7.28. The van der Waals surface area contributed by atoms with Crippen LogP contribution < -0.4 is 4.72 Å². The molecular weight excluding hydrogens is 380 g/mol. The minimum Gasteiger partial charge on any atom is -0.305 e. The maximum Gasteiger partial charge on any atom is 0.241 e. The van der Waals surface area contributed by atoms with Crippen molar-refractivity contribution in [2.24, 2.45) is 0 Å². The Bertz CT molecular complexity index is 883. The molecule has 0 aliphatic carbocycles. The quantitative estimate of drug-likeness (QED) is 0.572. The summed E-state index contributed by atoms with van der Waals surface area (Å²) in [5, 5.41) is 9.50. The molecule has 9 heteroatoms. The zero-order valence-corrected chi connectivity index (χ0v) is 16.5. The van der Waals surface area contributed by atoms with Gasteiger partial charge in [-0.3, -0.25) is 0 Å². The highest BCUT2D eigenvalue weighted by atomic mass is 35.5. The van der Waals surface area contributed by atoms with Crippen LogP contribution in [0.25, 0.3) is 0 Å². The van der Waals surface area contributed by atoms with Crippen molar-refractivity contribution in [1.82, 2.24) is 19.5 Å². The number of nitrogens with zero attached hydrogens (tertiary/aromatic N) is 3. The maximum atomic E-state index is 12.5. The number of sulfonamides is 1. The minimum atomic E-state index is -3.68. The number of aromatic nitrogens is 3. The van der Waals surface area contributed by atoms with Crippen LogP contribution in [0.1, 0.15) is 32.6 Å². The van der Waals surface area contributed by atoms with E-state index >= 15 is 0 Å². The summed E-state index contributed by atoms with van der Waals surface area (Å²) in [6, 6.07) is 5.48. The van der Waals surface area contributed by atoms with E-state index in [0.29, 0.717) is 23.1 Å². The molecule has 0 unspecified atom stereocenters. The van der Waals surface area contributed by atoms with Crippen LogP contribution in [0.3, 0.4) is 0 Å². The van der Waals surface area contributed by atoms with Crippen molar-refractivity contribution in [3.8, 4) is 11.8 Å². The van der Waals surface area contributed by atoms with Gasteiger partial charge in [-0.15, -0.1) is 16.1 Å². The largest absolute Gasteiger partial charge is 0.305 e. The number of nitrogens with one attached hydrogen (secondary N) is 1. The van der Waals surface area contributed by atoms with Crippen molar-refractivity contribution in [1.29, 1.82) is 0 Å². The third-order valence-corrected chi connectivity index (χ3v) is 6.01. The Morgan fingerprint density at radius 1 is 1.32 bits per heavy atom. The van der Waals surface area contributed by atoms with Crippen molar-refractivity contribution in [2.75, 3.05) is 5.75 Å². The third-order valence-electron chi connectivity index (χ3n) is 3.36. The van der Waals surface area contributed by atoms with Gasteiger partial charge < -0.3 is 4.57 Å². The Hall–Kier alpha value is -1.53. The maximum absolute atomic E-state index is 12.5. The molecule has 0 spiro atoms. The van der Waals surface area contributed by atoms with E-state index in [-0.39, 0.29) is 4.90 Å². The normalized spacial score (nSPS) is 12.5. The summed E-state index contributed by atoms with van der Waals surface area (Å²) in [5.41, 5.74) is 0. The van der Waals surface area contributed by atoms with Crippen LogP contribution in [0.15, 0.2) is 34.3 Å². The van der Waals surface area contributed by atoms with Gasteiger partial charge in [0.15, 0.2) is 11.0 Å². The van der Waals surface area contributed by atoms with Crippen LogP contribution in [-0.4, -0.2) is 28.9 Å². The Kier molecular flexibility index (Phi) is 6.90. The monoisotopic (exact) mass is 398 g/mol. The van der Waals surface area contributed by atoms with Gasteiger partial charge in [-0.2, -0.15) is 0 Å². The van der Waals surface area contributed by atoms with E-state index in [9.17, 15) is 8.42 Å². The lowest BCUT2D eigenvalue weighted by Gasteiger charge is -2.15. The first-order valence-corrected chi connectivity index (χ1v) is 10.5. The van der Waals surface area contributed by atoms with Crippen molar-refractivity contribution in [3.05, 3.63) is 35.1 Å². The summed E-state index contributed by atoms with van der Waals surface area (Å²) in [4.78, 5) is 0.152. The van der Waals surface area contributed by atoms with Gasteiger partial charge >= 0.3 is 0 Å². The first-order valence-electron chi connectivity index (χ1n) is 7.62. The van der Waals surface area contributed by atoms with Crippen LogP contribution in [-0.2, 0) is 16.6 Å². The Balaban J connectivity index is 2.20. The van der Waals surface area contributed by atoms with E-state index in [1.807, 2.05) is 11.5 Å². The van der Waals surface area contributed by atoms with Gasteiger partial charge in [-0.05, 0) is 45.0 Å². The molecule has 0 bridgehead atoms. The molecule has 1 N–H and O–H groups in total. The van der Waals surface area contributed by atoms with E-state index in [1.54, 1.807) is 26.0 Å². The number of benzene rings is 1. The molecule has 2 rings (SSSR count). The van der Waals surface area contributed by atoms with Crippen LogP contribution >= 0.6 is 23.4 Å². The number of rotatable bonds is 7. The van der Waals surface area contributed by atoms with Crippen LogP contribution in [0.2, 0.25) is 5.02 Å². The highest BCUT2D eigenvalue weighted by Gasteiger charge is 2.23. The third kappa shape index (κ3) is 4.98. The molecule has 0 fully saturated rings. The molecule has 0 saturated heterocycles. The molecule has 0 saturated carbocycles. The van der Waals surface area contributed by atoms with E-state index in [4.69, 9.17) is 11.6 Å². The highest BCUT2D eigenvalue weighted by Crippen LogP contribution is 2.22. The topological polar surface area (TPSA) is 76.9 Å². The SMILES string of the molecule is CC#CCSc1nnc([C@@H](C)NS(=O)(=O)c2ccc(Cl)cc2)n1CC. The van der Waals surface area contributed by atoms with Gasteiger partial charge in [-0.25, -0.2) is 13.1 Å². The molecule has 0 aliphatic heterocycles. The van der Waals surface area contributed by atoms with Gasteiger partial charge in [0.25, 0.3) is 0 Å². The Morgan fingerprint density at radius 2 is 2.00 bits per heavy atom. The van der Waals surface area contributed by atoms with Gasteiger partial charge in [0, 0.05) is 11.6 Å². The molecule has 0 amide bonds. The fourth-order valence-corrected chi connectivity index (χ4v) is 4.31. The van der Waals surface area contributed by atoms with Gasteiger partial charge in [-0.1, -0.05) is 29.3 Å². The smallest absolute Gasteiger partial charge is 0.241 e. The van der Waals surface area contributed by atoms with Crippen molar-refractivity contribution in [3.63, 3.8) is 0 Å². The van der Waals surface area contributed by atoms with E-state index in [2.05, 4.69) is 26.8 Å². The average molecular weight is 399 g/mol.